The van der Waals surface area contributed by atoms with Crippen LogP contribution in [-0.4, -0.2) is 38.5 Å². The van der Waals surface area contributed by atoms with Crippen molar-refractivity contribution in [3.8, 4) is 11.5 Å². The topological polar surface area (TPSA) is 55.9 Å². The Hall–Kier alpha value is -2.99. The Balaban J connectivity index is 1.73. The van der Waals surface area contributed by atoms with Gasteiger partial charge in [0.25, 0.3) is 0 Å². The second-order valence-electron chi connectivity index (χ2n) is 6.74. The van der Waals surface area contributed by atoms with Gasteiger partial charge in [0.05, 0.1) is 38.3 Å². The lowest BCUT2D eigenvalue weighted by Gasteiger charge is -2.33. The van der Waals surface area contributed by atoms with Crippen LogP contribution in [0.15, 0.2) is 66.6 Å². The molecule has 1 fully saturated rings. The van der Waals surface area contributed by atoms with Crippen molar-refractivity contribution in [2.75, 3.05) is 32.3 Å². The molecular weight excluding hydrogens is 354 g/mol. The van der Waals surface area contributed by atoms with Gasteiger partial charge in [-0.25, -0.2) is 0 Å². The third-order valence-corrected chi connectivity index (χ3v) is 4.93. The van der Waals surface area contributed by atoms with Crippen LogP contribution in [0, 0.1) is 0 Å². The van der Waals surface area contributed by atoms with E-state index in [1.54, 1.807) is 13.3 Å². The van der Waals surface area contributed by atoms with E-state index in [2.05, 4.69) is 40.7 Å². The lowest BCUT2D eigenvalue weighted by atomic mass is 10.0. The van der Waals surface area contributed by atoms with Gasteiger partial charge < -0.3 is 24.4 Å². The number of anilines is 1. The van der Waals surface area contributed by atoms with E-state index in [9.17, 15) is 0 Å². The van der Waals surface area contributed by atoms with Gasteiger partial charge in [-0.2, -0.15) is 0 Å². The number of nitrogens with zero attached hydrogens (tertiary/aromatic N) is 2. The van der Waals surface area contributed by atoms with Crippen LogP contribution in [0.2, 0.25) is 0 Å². The summed E-state index contributed by atoms with van der Waals surface area (Å²) in [4.78, 5) is 6.90. The Morgan fingerprint density at radius 1 is 1.25 bits per heavy atom. The highest BCUT2D eigenvalue weighted by atomic mass is 16.5. The summed E-state index contributed by atoms with van der Waals surface area (Å²) in [5.41, 5.74) is 2.96. The molecule has 3 heterocycles. The zero-order chi connectivity index (χ0) is 19.3. The Kier molecular flexibility index (Phi) is 5.48. The van der Waals surface area contributed by atoms with Gasteiger partial charge in [0, 0.05) is 31.4 Å². The standard InChI is InChI=1S/C22H25N3O3/c1-23-16-8-9-20(25(14-16)17-6-4-3-5-7-17)22-21(12-19(26-2)13-24-22)28-18-10-11-27-15-18/h3-9,12-14,18,20,23H,10-11,15H2,1-2H3. The molecule has 1 aromatic heterocycles. The Labute approximate surface area is 165 Å². The number of para-hydroxylation sites is 1. The van der Waals surface area contributed by atoms with Crippen LogP contribution in [-0.2, 0) is 4.74 Å². The number of rotatable bonds is 6. The first-order valence-electron chi connectivity index (χ1n) is 9.48. The zero-order valence-corrected chi connectivity index (χ0v) is 16.2. The number of hydrogen-bond donors (Lipinski definition) is 1. The minimum Gasteiger partial charge on any atom is -0.495 e. The lowest BCUT2D eigenvalue weighted by molar-refractivity contribution is 0.140. The quantitative estimate of drug-likeness (QED) is 0.830. The highest BCUT2D eigenvalue weighted by Crippen LogP contribution is 2.37. The van der Waals surface area contributed by atoms with E-state index in [0.717, 1.165) is 35.9 Å². The van der Waals surface area contributed by atoms with E-state index in [1.165, 1.54) is 0 Å². The Bertz CT molecular complexity index is 861. The van der Waals surface area contributed by atoms with Crippen LogP contribution in [0.3, 0.4) is 0 Å². The molecule has 4 rings (SSSR count). The number of pyridine rings is 1. The minimum atomic E-state index is -0.0947. The van der Waals surface area contributed by atoms with Gasteiger partial charge in [0.2, 0.25) is 0 Å². The first-order valence-corrected chi connectivity index (χ1v) is 9.48. The summed E-state index contributed by atoms with van der Waals surface area (Å²) in [5.74, 6) is 1.40. The lowest BCUT2D eigenvalue weighted by Crippen LogP contribution is -2.28. The summed E-state index contributed by atoms with van der Waals surface area (Å²) in [6.45, 7) is 1.33. The number of allylic oxidation sites excluding steroid dienone is 1. The molecule has 0 radical (unpaired) electrons. The molecule has 6 heteroatoms. The molecule has 2 atom stereocenters. The molecule has 146 valence electrons. The van der Waals surface area contributed by atoms with Gasteiger partial charge in [-0.3, -0.25) is 4.98 Å². The minimum absolute atomic E-state index is 0.0359. The number of methoxy groups -OCH3 is 1. The van der Waals surface area contributed by atoms with Crippen molar-refractivity contribution >= 4 is 5.69 Å². The number of aromatic nitrogens is 1. The molecule has 2 aromatic rings. The maximum absolute atomic E-state index is 6.28. The molecule has 0 bridgehead atoms. The molecule has 1 saturated heterocycles. The second-order valence-corrected chi connectivity index (χ2v) is 6.74. The molecule has 2 aliphatic rings. The summed E-state index contributed by atoms with van der Waals surface area (Å²) in [7, 11) is 3.55. The number of nitrogens with one attached hydrogen (secondary N) is 1. The molecule has 28 heavy (non-hydrogen) atoms. The van der Waals surface area contributed by atoms with E-state index in [4.69, 9.17) is 19.2 Å². The normalized spacial score (nSPS) is 21.4. The van der Waals surface area contributed by atoms with Crippen LogP contribution in [0.5, 0.6) is 11.5 Å². The third-order valence-electron chi connectivity index (χ3n) is 4.93. The van der Waals surface area contributed by atoms with E-state index in [0.29, 0.717) is 12.4 Å². The number of benzene rings is 1. The monoisotopic (exact) mass is 379 g/mol. The first-order chi connectivity index (χ1) is 13.8. The van der Waals surface area contributed by atoms with Crippen molar-refractivity contribution < 1.29 is 14.2 Å². The number of hydrogen-bond acceptors (Lipinski definition) is 6. The van der Waals surface area contributed by atoms with Gasteiger partial charge in [0.15, 0.2) is 0 Å². The van der Waals surface area contributed by atoms with E-state index in [1.807, 2.05) is 31.3 Å². The van der Waals surface area contributed by atoms with E-state index in [-0.39, 0.29) is 12.1 Å². The summed E-state index contributed by atoms with van der Waals surface area (Å²) >= 11 is 0. The van der Waals surface area contributed by atoms with Crippen molar-refractivity contribution in [2.45, 2.75) is 18.6 Å². The van der Waals surface area contributed by atoms with E-state index >= 15 is 0 Å². The molecule has 1 N–H and O–H groups in total. The molecule has 1 aromatic carbocycles. The van der Waals surface area contributed by atoms with Crippen molar-refractivity contribution in [1.29, 1.82) is 0 Å². The van der Waals surface area contributed by atoms with Gasteiger partial charge in [0.1, 0.15) is 23.3 Å². The summed E-state index contributed by atoms with van der Waals surface area (Å²) < 4.78 is 17.1. The van der Waals surface area contributed by atoms with Crippen LogP contribution >= 0.6 is 0 Å². The van der Waals surface area contributed by atoms with Gasteiger partial charge >= 0.3 is 0 Å². The van der Waals surface area contributed by atoms with Crippen molar-refractivity contribution in [3.63, 3.8) is 0 Å². The van der Waals surface area contributed by atoms with Crippen LogP contribution in [0.25, 0.3) is 0 Å². The average molecular weight is 379 g/mol. The van der Waals surface area contributed by atoms with Crippen molar-refractivity contribution in [3.05, 3.63) is 72.3 Å². The maximum atomic E-state index is 6.28. The predicted octanol–water partition coefficient (Wildman–Crippen LogP) is 3.44. The molecule has 0 spiro atoms. The van der Waals surface area contributed by atoms with Gasteiger partial charge in [-0.15, -0.1) is 0 Å². The van der Waals surface area contributed by atoms with Crippen molar-refractivity contribution in [1.82, 2.24) is 10.3 Å². The summed E-state index contributed by atoms with van der Waals surface area (Å²) in [5, 5.41) is 3.21. The van der Waals surface area contributed by atoms with Gasteiger partial charge in [-0.1, -0.05) is 24.3 Å². The zero-order valence-electron chi connectivity index (χ0n) is 16.2. The third kappa shape index (κ3) is 3.82. The van der Waals surface area contributed by atoms with Gasteiger partial charge in [-0.05, 0) is 18.2 Å². The molecule has 0 aliphatic carbocycles. The summed E-state index contributed by atoms with van der Waals surface area (Å²) in [6.07, 6.45) is 8.94. The second kappa shape index (κ2) is 8.35. The Morgan fingerprint density at radius 3 is 2.82 bits per heavy atom. The fourth-order valence-corrected chi connectivity index (χ4v) is 3.42. The molecule has 2 unspecified atom stereocenters. The van der Waals surface area contributed by atoms with Crippen LogP contribution < -0.4 is 19.7 Å². The first kappa shape index (κ1) is 18.4. The highest BCUT2D eigenvalue weighted by molar-refractivity contribution is 5.57. The maximum Gasteiger partial charge on any atom is 0.147 e. The number of ether oxygens (including phenoxy) is 3. The van der Waals surface area contributed by atoms with E-state index < -0.39 is 0 Å². The van der Waals surface area contributed by atoms with Crippen LogP contribution in [0.4, 0.5) is 5.69 Å². The molecule has 0 amide bonds. The molecule has 6 nitrogen and oxygen atoms in total. The molecule has 0 saturated carbocycles. The predicted molar refractivity (Wildman–Crippen MR) is 109 cm³/mol. The van der Waals surface area contributed by atoms with Crippen molar-refractivity contribution in [2.24, 2.45) is 0 Å². The fraction of sp³-hybridized carbons (Fsp3) is 0.318. The highest BCUT2D eigenvalue weighted by Gasteiger charge is 2.27. The molecule has 2 aliphatic heterocycles. The largest absolute Gasteiger partial charge is 0.495 e. The summed E-state index contributed by atoms with van der Waals surface area (Å²) in [6, 6.07) is 12.1. The molecular formula is C22H25N3O3. The fourth-order valence-electron chi connectivity index (χ4n) is 3.42. The smallest absolute Gasteiger partial charge is 0.147 e. The SMILES string of the molecule is CNC1=CN(c2ccccc2)C(c2ncc(OC)cc2OC2CCOC2)C=C1. The number of likely N-dealkylation sites (N-methyl/N-ethyl adjacent to an activating group) is 1. The Morgan fingerprint density at radius 2 is 2.11 bits per heavy atom. The average Bonchev–Trinajstić information content (AvgIpc) is 3.27. The van der Waals surface area contributed by atoms with Crippen LogP contribution in [0.1, 0.15) is 18.2 Å².